The Morgan fingerprint density at radius 2 is 2.00 bits per heavy atom. The molecule has 0 saturated heterocycles. The average molecular weight is 246 g/mol. The smallest absolute Gasteiger partial charge is 0.0276 e. The van der Waals surface area contributed by atoms with Gasteiger partial charge in [0.1, 0.15) is 0 Å². The Kier molecular flexibility index (Phi) is 2.95. The predicted molar refractivity (Wildman–Crippen MR) is 74.4 cm³/mol. The molecule has 0 heterocycles. The number of nitrogens with one attached hydrogen (secondary N) is 1. The largest absolute Gasteiger partial charge is 0.271 e. The summed E-state index contributed by atoms with van der Waals surface area (Å²) in [5, 5.41) is 0. The van der Waals surface area contributed by atoms with Gasteiger partial charge in [0.25, 0.3) is 0 Å². The lowest BCUT2D eigenvalue weighted by molar-refractivity contribution is -0.119. The molecule has 18 heavy (non-hydrogen) atoms. The van der Waals surface area contributed by atoms with E-state index in [1.165, 1.54) is 38.5 Å². The Morgan fingerprint density at radius 3 is 2.50 bits per heavy atom. The van der Waals surface area contributed by atoms with E-state index in [-0.39, 0.29) is 0 Å². The molecule has 0 radical (unpaired) electrons. The normalized spacial score (nSPS) is 46.9. The summed E-state index contributed by atoms with van der Waals surface area (Å²) < 4.78 is 0. The Morgan fingerprint density at radius 1 is 1.33 bits per heavy atom. The fourth-order valence-electron chi connectivity index (χ4n) is 6.00. The van der Waals surface area contributed by atoms with Crippen LogP contribution in [0.25, 0.3) is 0 Å². The van der Waals surface area contributed by atoms with Gasteiger partial charge in [0.2, 0.25) is 0 Å². The Bertz CT molecular complexity index is 354. The van der Waals surface area contributed by atoms with Crippen LogP contribution in [-0.2, 0) is 0 Å². The van der Waals surface area contributed by atoms with Gasteiger partial charge in [-0.3, -0.25) is 11.3 Å². The summed E-state index contributed by atoms with van der Waals surface area (Å²) in [5.41, 5.74) is 4.16. The van der Waals surface area contributed by atoms with Crippen LogP contribution < -0.4 is 11.3 Å². The van der Waals surface area contributed by atoms with Crippen molar-refractivity contribution < 1.29 is 0 Å². The van der Waals surface area contributed by atoms with Crippen molar-refractivity contribution in [3.63, 3.8) is 0 Å². The van der Waals surface area contributed by atoms with Crippen LogP contribution in [0, 0.1) is 35.0 Å². The van der Waals surface area contributed by atoms with E-state index in [0.717, 1.165) is 24.7 Å². The number of nitrogens with two attached hydrogens (primary N) is 1. The summed E-state index contributed by atoms with van der Waals surface area (Å²) in [6.07, 6.45) is 15.9. The van der Waals surface area contributed by atoms with Gasteiger partial charge in [-0.25, -0.2) is 0 Å². The average Bonchev–Trinajstić information content (AvgIpc) is 2.26. The summed E-state index contributed by atoms with van der Waals surface area (Å²) in [4.78, 5) is 0. The molecular formula is C16H26N2. The minimum Gasteiger partial charge on any atom is -0.271 e. The molecule has 4 bridgehead atoms. The van der Waals surface area contributed by atoms with E-state index in [4.69, 9.17) is 12.3 Å². The minimum absolute atomic E-state index is 0.429. The van der Waals surface area contributed by atoms with Crippen molar-refractivity contribution in [2.45, 2.75) is 64.3 Å². The first kappa shape index (κ1) is 12.5. The first-order valence-corrected chi connectivity index (χ1v) is 7.49. The molecular weight excluding hydrogens is 220 g/mol. The van der Waals surface area contributed by atoms with Crippen LogP contribution >= 0.6 is 0 Å². The van der Waals surface area contributed by atoms with E-state index in [9.17, 15) is 0 Å². The maximum Gasteiger partial charge on any atom is 0.0276 e. The second-order valence-electron chi connectivity index (χ2n) is 7.60. The molecule has 2 heteroatoms. The zero-order chi connectivity index (χ0) is 12.8. The second kappa shape index (κ2) is 4.25. The van der Waals surface area contributed by atoms with Crippen molar-refractivity contribution in [3.8, 4) is 12.3 Å². The molecule has 4 rings (SSSR count). The van der Waals surface area contributed by atoms with Crippen LogP contribution in [0.3, 0.4) is 0 Å². The van der Waals surface area contributed by atoms with Crippen molar-refractivity contribution in [1.82, 2.24) is 5.43 Å². The number of terminal acetylenes is 1. The topological polar surface area (TPSA) is 38.0 Å². The van der Waals surface area contributed by atoms with Crippen molar-refractivity contribution in [2.24, 2.45) is 28.5 Å². The lowest BCUT2D eigenvalue weighted by Gasteiger charge is -2.63. The highest BCUT2D eigenvalue weighted by molar-refractivity contribution is 5.10. The summed E-state index contributed by atoms with van der Waals surface area (Å²) in [7, 11) is 0. The Labute approximate surface area is 111 Å². The molecule has 4 fully saturated rings. The SMILES string of the molecule is C#CCCC(NN)C12CC3CC(CC(C)(C3)C1)C2. The molecule has 3 atom stereocenters. The molecule has 0 amide bonds. The van der Waals surface area contributed by atoms with Gasteiger partial charge in [-0.05, 0) is 67.6 Å². The van der Waals surface area contributed by atoms with Crippen LogP contribution in [0.2, 0.25) is 0 Å². The fourth-order valence-corrected chi connectivity index (χ4v) is 6.00. The highest BCUT2D eigenvalue weighted by Gasteiger charge is 2.57. The number of hydrazine groups is 1. The number of hydrogen-bond acceptors (Lipinski definition) is 2. The standard InChI is InChI=1S/C16H26N2/c1-3-4-5-14(18-17)16-9-12-6-13(10-16)8-15(2,7-12)11-16/h1,12-14,18H,4-11,17H2,2H3. The molecule has 0 spiro atoms. The lowest BCUT2D eigenvalue weighted by Crippen LogP contribution is -2.59. The van der Waals surface area contributed by atoms with Crippen LogP contribution in [0.15, 0.2) is 0 Å². The highest BCUT2D eigenvalue weighted by atomic mass is 15.2. The maximum atomic E-state index is 5.86. The lowest BCUT2D eigenvalue weighted by atomic mass is 9.43. The molecule has 0 aromatic rings. The molecule has 100 valence electrons. The Balaban J connectivity index is 1.83. The molecule has 4 saturated carbocycles. The molecule has 3 N–H and O–H groups in total. The summed E-state index contributed by atoms with van der Waals surface area (Å²) in [5.74, 6) is 10.6. The number of rotatable bonds is 4. The molecule has 0 aromatic heterocycles. The summed E-state index contributed by atoms with van der Waals surface area (Å²) in [6, 6.07) is 0.429. The first-order chi connectivity index (χ1) is 8.59. The van der Waals surface area contributed by atoms with Crippen molar-refractivity contribution in [2.75, 3.05) is 0 Å². The van der Waals surface area contributed by atoms with E-state index in [1.807, 2.05) is 0 Å². The third-order valence-corrected chi connectivity index (χ3v) is 5.92. The zero-order valence-corrected chi connectivity index (χ0v) is 11.5. The second-order valence-corrected chi connectivity index (χ2v) is 7.60. The van der Waals surface area contributed by atoms with Gasteiger partial charge in [-0.1, -0.05) is 6.92 Å². The molecule has 3 unspecified atom stereocenters. The van der Waals surface area contributed by atoms with E-state index >= 15 is 0 Å². The monoisotopic (exact) mass is 246 g/mol. The van der Waals surface area contributed by atoms with Gasteiger partial charge in [-0.15, -0.1) is 12.3 Å². The van der Waals surface area contributed by atoms with Crippen LogP contribution in [0.5, 0.6) is 0 Å². The molecule has 4 aliphatic carbocycles. The van der Waals surface area contributed by atoms with Crippen molar-refractivity contribution in [1.29, 1.82) is 0 Å². The highest BCUT2D eigenvalue weighted by Crippen LogP contribution is 2.66. The molecule has 4 aliphatic rings. The van der Waals surface area contributed by atoms with Crippen LogP contribution in [-0.4, -0.2) is 6.04 Å². The van der Waals surface area contributed by atoms with Crippen LogP contribution in [0.4, 0.5) is 0 Å². The summed E-state index contributed by atoms with van der Waals surface area (Å²) >= 11 is 0. The minimum atomic E-state index is 0.429. The quantitative estimate of drug-likeness (QED) is 0.455. The van der Waals surface area contributed by atoms with Gasteiger partial charge in [0.15, 0.2) is 0 Å². The van der Waals surface area contributed by atoms with Gasteiger partial charge in [-0.2, -0.15) is 0 Å². The third-order valence-electron chi connectivity index (χ3n) is 5.92. The molecule has 0 aliphatic heterocycles. The Hall–Kier alpha value is -0.520. The van der Waals surface area contributed by atoms with E-state index < -0.39 is 0 Å². The van der Waals surface area contributed by atoms with Crippen molar-refractivity contribution in [3.05, 3.63) is 0 Å². The summed E-state index contributed by atoms with van der Waals surface area (Å²) in [6.45, 7) is 2.51. The molecule has 0 aromatic carbocycles. The zero-order valence-electron chi connectivity index (χ0n) is 11.5. The van der Waals surface area contributed by atoms with E-state index in [0.29, 0.717) is 16.9 Å². The third kappa shape index (κ3) is 1.89. The van der Waals surface area contributed by atoms with Gasteiger partial charge in [0, 0.05) is 12.5 Å². The maximum absolute atomic E-state index is 5.86. The van der Waals surface area contributed by atoms with Gasteiger partial charge < -0.3 is 0 Å². The fraction of sp³-hybridized carbons (Fsp3) is 0.875. The molecule has 2 nitrogen and oxygen atoms in total. The van der Waals surface area contributed by atoms with E-state index in [1.54, 1.807) is 0 Å². The van der Waals surface area contributed by atoms with Crippen LogP contribution in [0.1, 0.15) is 58.3 Å². The predicted octanol–water partition coefficient (Wildman–Crippen LogP) is 2.84. The van der Waals surface area contributed by atoms with Crippen molar-refractivity contribution >= 4 is 0 Å². The van der Waals surface area contributed by atoms with Gasteiger partial charge in [0.05, 0.1) is 0 Å². The van der Waals surface area contributed by atoms with E-state index in [2.05, 4.69) is 18.3 Å². The van der Waals surface area contributed by atoms with Gasteiger partial charge >= 0.3 is 0 Å². The number of hydrogen-bond donors (Lipinski definition) is 2. The first-order valence-electron chi connectivity index (χ1n) is 7.49.